The molecule has 1 aromatic rings. The van der Waals surface area contributed by atoms with E-state index in [1.165, 1.54) is 0 Å². The quantitative estimate of drug-likeness (QED) is 0.749. The lowest BCUT2D eigenvalue weighted by Crippen LogP contribution is -2.22. The Morgan fingerprint density at radius 2 is 2.21 bits per heavy atom. The molecule has 0 heterocycles. The second-order valence-corrected chi connectivity index (χ2v) is 3.34. The highest BCUT2D eigenvalue weighted by Gasteiger charge is 2.08. The van der Waals surface area contributed by atoms with Crippen LogP contribution in [0.25, 0.3) is 0 Å². The molecule has 1 unspecified atom stereocenters. The molecule has 0 aliphatic carbocycles. The van der Waals surface area contributed by atoms with Crippen LogP contribution < -0.4 is 10.5 Å². The van der Waals surface area contributed by atoms with Gasteiger partial charge in [-0.1, -0.05) is 12.1 Å². The number of aliphatic hydroxyl groups excluding tert-OH is 1. The van der Waals surface area contributed by atoms with Gasteiger partial charge in [0.05, 0.1) is 13.2 Å². The Hall–Kier alpha value is -1.06. The fraction of sp³-hybridized carbons (Fsp3) is 0.455. The van der Waals surface area contributed by atoms with Crippen LogP contribution in [0.5, 0.6) is 5.75 Å². The Kier molecular flexibility index (Phi) is 3.92. The SMILES string of the molecule is COc1cccc(CC(O)CN)c1C. The molecule has 0 aliphatic heterocycles. The summed E-state index contributed by atoms with van der Waals surface area (Å²) in [7, 11) is 1.64. The molecule has 14 heavy (non-hydrogen) atoms. The van der Waals surface area contributed by atoms with Gasteiger partial charge in [-0.15, -0.1) is 0 Å². The van der Waals surface area contributed by atoms with Gasteiger partial charge in [-0.3, -0.25) is 0 Å². The maximum Gasteiger partial charge on any atom is 0.122 e. The second kappa shape index (κ2) is 4.98. The van der Waals surface area contributed by atoms with Crippen LogP contribution in [0.2, 0.25) is 0 Å². The average molecular weight is 195 g/mol. The molecule has 0 saturated heterocycles. The largest absolute Gasteiger partial charge is 0.496 e. The van der Waals surface area contributed by atoms with E-state index in [0.29, 0.717) is 6.42 Å². The third-order valence-electron chi connectivity index (χ3n) is 2.34. The van der Waals surface area contributed by atoms with Crippen molar-refractivity contribution in [3.8, 4) is 5.75 Å². The van der Waals surface area contributed by atoms with Crippen molar-refractivity contribution >= 4 is 0 Å². The minimum Gasteiger partial charge on any atom is -0.496 e. The number of benzene rings is 1. The molecule has 0 fully saturated rings. The third-order valence-corrected chi connectivity index (χ3v) is 2.34. The lowest BCUT2D eigenvalue weighted by Gasteiger charge is -2.12. The summed E-state index contributed by atoms with van der Waals surface area (Å²) in [4.78, 5) is 0. The first-order chi connectivity index (χ1) is 6.69. The molecular weight excluding hydrogens is 178 g/mol. The normalized spacial score (nSPS) is 12.6. The summed E-state index contributed by atoms with van der Waals surface area (Å²) in [6.45, 7) is 2.27. The Morgan fingerprint density at radius 3 is 2.79 bits per heavy atom. The Morgan fingerprint density at radius 1 is 1.50 bits per heavy atom. The average Bonchev–Trinajstić information content (AvgIpc) is 2.21. The fourth-order valence-electron chi connectivity index (χ4n) is 1.44. The van der Waals surface area contributed by atoms with E-state index in [-0.39, 0.29) is 6.54 Å². The van der Waals surface area contributed by atoms with E-state index in [0.717, 1.165) is 16.9 Å². The molecular formula is C11H17NO2. The first-order valence-electron chi connectivity index (χ1n) is 4.69. The molecule has 1 atom stereocenters. The molecule has 0 spiro atoms. The van der Waals surface area contributed by atoms with E-state index in [1.54, 1.807) is 7.11 Å². The molecule has 0 aliphatic rings. The number of hydrogen-bond acceptors (Lipinski definition) is 3. The molecule has 3 heteroatoms. The molecule has 3 nitrogen and oxygen atoms in total. The molecule has 1 aromatic carbocycles. The summed E-state index contributed by atoms with van der Waals surface area (Å²) in [6.07, 6.45) is 0.111. The number of rotatable bonds is 4. The number of nitrogens with two attached hydrogens (primary N) is 1. The van der Waals surface area contributed by atoms with Crippen LogP contribution in [0.1, 0.15) is 11.1 Å². The summed E-state index contributed by atoms with van der Waals surface area (Å²) in [5.41, 5.74) is 7.52. The van der Waals surface area contributed by atoms with Crippen LogP contribution in [0.4, 0.5) is 0 Å². The van der Waals surface area contributed by atoms with Crippen LogP contribution in [0.15, 0.2) is 18.2 Å². The Labute approximate surface area is 84.5 Å². The van der Waals surface area contributed by atoms with Crippen LogP contribution in [-0.2, 0) is 6.42 Å². The summed E-state index contributed by atoms with van der Waals surface area (Å²) in [6, 6.07) is 5.81. The van der Waals surface area contributed by atoms with Gasteiger partial charge in [0.2, 0.25) is 0 Å². The van der Waals surface area contributed by atoms with Gasteiger partial charge in [-0.05, 0) is 30.5 Å². The first kappa shape index (κ1) is 11.0. The zero-order valence-corrected chi connectivity index (χ0v) is 8.66. The summed E-state index contributed by atoms with van der Waals surface area (Å²) >= 11 is 0. The maximum absolute atomic E-state index is 9.43. The van der Waals surface area contributed by atoms with E-state index < -0.39 is 6.10 Å². The smallest absolute Gasteiger partial charge is 0.122 e. The highest BCUT2D eigenvalue weighted by Crippen LogP contribution is 2.21. The van der Waals surface area contributed by atoms with Gasteiger partial charge in [0.25, 0.3) is 0 Å². The third kappa shape index (κ3) is 2.47. The van der Waals surface area contributed by atoms with Gasteiger partial charge in [0.15, 0.2) is 0 Å². The molecule has 0 saturated carbocycles. The van der Waals surface area contributed by atoms with Crippen molar-refractivity contribution < 1.29 is 9.84 Å². The van der Waals surface area contributed by atoms with Gasteiger partial charge in [-0.25, -0.2) is 0 Å². The Balaban J connectivity index is 2.86. The molecule has 0 radical (unpaired) electrons. The predicted molar refractivity (Wildman–Crippen MR) is 56.5 cm³/mol. The molecule has 0 bridgehead atoms. The standard InChI is InChI=1S/C11H17NO2/c1-8-9(6-10(13)7-12)4-3-5-11(8)14-2/h3-5,10,13H,6-7,12H2,1-2H3. The van der Waals surface area contributed by atoms with Crippen molar-refractivity contribution in [2.75, 3.05) is 13.7 Å². The number of methoxy groups -OCH3 is 1. The summed E-state index contributed by atoms with van der Waals surface area (Å²) in [5, 5.41) is 9.43. The molecule has 1 rings (SSSR count). The van der Waals surface area contributed by atoms with Gasteiger partial charge in [-0.2, -0.15) is 0 Å². The van der Waals surface area contributed by atoms with E-state index >= 15 is 0 Å². The minimum atomic E-state index is -0.471. The van der Waals surface area contributed by atoms with E-state index in [1.807, 2.05) is 25.1 Å². The number of ether oxygens (including phenoxy) is 1. The van der Waals surface area contributed by atoms with Crippen molar-refractivity contribution in [2.24, 2.45) is 5.73 Å². The first-order valence-corrected chi connectivity index (χ1v) is 4.69. The van der Waals surface area contributed by atoms with Gasteiger partial charge < -0.3 is 15.6 Å². The molecule has 0 amide bonds. The van der Waals surface area contributed by atoms with E-state index in [4.69, 9.17) is 10.5 Å². The predicted octanol–water partition coefficient (Wildman–Crippen LogP) is 0.866. The van der Waals surface area contributed by atoms with Crippen LogP contribution in [-0.4, -0.2) is 24.9 Å². The lowest BCUT2D eigenvalue weighted by atomic mass is 10.0. The van der Waals surface area contributed by atoms with Crippen molar-refractivity contribution in [2.45, 2.75) is 19.4 Å². The van der Waals surface area contributed by atoms with Crippen molar-refractivity contribution in [3.63, 3.8) is 0 Å². The fourth-order valence-corrected chi connectivity index (χ4v) is 1.44. The maximum atomic E-state index is 9.43. The van der Waals surface area contributed by atoms with Crippen molar-refractivity contribution in [1.29, 1.82) is 0 Å². The van der Waals surface area contributed by atoms with Crippen LogP contribution in [0.3, 0.4) is 0 Å². The van der Waals surface area contributed by atoms with Gasteiger partial charge in [0, 0.05) is 6.54 Å². The summed E-state index contributed by atoms with van der Waals surface area (Å²) < 4.78 is 5.19. The highest BCUT2D eigenvalue weighted by molar-refractivity contribution is 5.39. The summed E-state index contributed by atoms with van der Waals surface area (Å²) in [5.74, 6) is 0.853. The van der Waals surface area contributed by atoms with Gasteiger partial charge >= 0.3 is 0 Å². The topological polar surface area (TPSA) is 55.5 Å². The lowest BCUT2D eigenvalue weighted by molar-refractivity contribution is 0.183. The zero-order valence-electron chi connectivity index (χ0n) is 8.66. The molecule has 0 aromatic heterocycles. The van der Waals surface area contributed by atoms with Crippen molar-refractivity contribution in [3.05, 3.63) is 29.3 Å². The van der Waals surface area contributed by atoms with Crippen LogP contribution >= 0.6 is 0 Å². The second-order valence-electron chi connectivity index (χ2n) is 3.34. The zero-order chi connectivity index (χ0) is 10.6. The number of aliphatic hydroxyl groups is 1. The minimum absolute atomic E-state index is 0.288. The monoisotopic (exact) mass is 195 g/mol. The van der Waals surface area contributed by atoms with Crippen LogP contribution in [0, 0.1) is 6.92 Å². The van der Waals surface area contributed by atoms with E-state index in [2.05, 4.69) is 0 Å². The van der Waals surface area contributed by atoms with E-state index in [9.17, 15) is 5.11 Å². The number of hydrogen-bond donors (Lipinski definition) is 2. The molecule has 78 valence electrons. The Bertz CT molecular complexity index is 299. The van der Waals surface area contributed by atoms with Gasteiger partial charge in [0.1, 0.15) is 5.75 Å². The molecule has 3 N–H and O–H groups in total. The van der Waals surface area contributed by atoms with Crippen molar-refractivity contribution in [1.82, 2.24) is 0 Å². The highest BCUT2D eigenvalue weighted by atomic mass is 16.5.